The maximum Gasteiger partial charge on any atom is 0.331 e. The average Bonchev–Trinajstić information content (AvgIpc) is 2.38. The monoisotopic (exact) mass is 250 g/mol. The molecule has 90 valence electrons. The first kappa shape index (κ1) is 13.5. The molecule has 0 saturated heterocycles. The maximum atomic E-state index is 11.1. The Morgan fingerprint density at radius 2 is 2.12 bits per heavy atom. The van der Waals surface area contributed by atoms with E-state index in [-0.39, 0.29) is 5.97 Å². The van der Waals surface area contributed by atoms with Crippen molar-refractivity contribution in [3.05, 3.63) is 40.8 Å². The minimum atomic E-state index is -0.377. The van der Waals surface area contributed by atoms with E-state index in [1.54, 1.807) is 6.07 Å². The fourth-order valence-electron chi connectivity index (χ4n) is 1.21. The molecule has 17 heavy (non-hydrogen) atoms. The van der Waals surface area contributed by atoms with Crippen LogP contribution in [0.15, 0.2) is 40.1 Å². The third kappa shape index (κ3) is 4.07. The number of benzene rings is 1. The number of allylic oxidation sites excluding steroid dienone is 1. The van der Waals surface area contributed by atoms with E-state index in [1.807, 2.05) is 25.1 Å². The minimum absolute atomic E-state index is 0.377. The summed E-state index contributed by atoms with van der Waals surface area (Å²) < 4.78 is 4.58. The molecule has 3 nitrogen and oxygen atoms in total. The molecule has 0 bridgehead atoms. The van der Waals surface area contributed by atoms with Gasteiger partial charge in [-0.15, -0.1) is 0 Å². The maximum absolute atomic E-state index is 11.1. The summed E-state index contributed by atoms with van der Waals surface area (Å²) in [5.74, 6) is -0.377. The molecule has 0 aliphatic heterocycles. The summed E-state index contributed by atoms with van der Waals surface area (Å²) in [6.07, 6.45) is 2.98. The average molecular weight is 250 g/mol. The Morgan fingerprint density at radius 3 is 2.71 bits per heavy atom. The van der Waals surface area contributed by atoms with Crippen LogP contribution < -0.4 is 0 Å². The van der Waals surface area contributed by atoms with Crippen LogP contribution in [0.2, 0.25) is 0 Å². The predicted octanol–water partition coefficient (Wildman–Crippen LogP) is 3.06. The lowest BCUT2D eigenvalue weighted by Gasteiger charge is -2.06. The van der Waals surface area contributed by atoms with Gasteiger partial charge in [0.2, 0.25) is 0 Å². The molecular weight excluding hydrogens is 236 g/mol. The molecule has 0 aliphatic rings. The Kier molecular flexibility index (Phi) is 5.49. The molecular formula is C13H14O3S. The number of carbonyl (C=O) groups excluding carboxylic acids is 2. The van der Waals surface area contributed by atoms with Crippen LogP contribution in [0.3, 0.4) is 0 Å². The molecule has 0 aliphatic carbocycles. The molecule has 0 amide bonds. The molecule has 0 atom stereocenters. The summed E-state index contributed by atoms with van der Waals surface area (Å²) in [6.45, 7) is 1.95. The molecule has 1 rings (SSSR count). The number of ether oxygens (including phenoxy) is 1. The van der Waals surface area contributed by atoms with E-state index in [0.29, 0.717) is 12.0 Å². The molecule has 0 fully saturated rings. The highest BCUT2D eigenvalue weighted by atomic mass is 32.2. The van der Waals surface area contributed by atoms with Crippen molar-refractivity contribution in [2.24, 2.45) is 0 Å². The number of thioether (sulfide) groups is 1. The second-order valence-electron chi connectivity index (χ2n) is 3.25. The van der Waals surface area contributed by atoms with Gasteiger partial charge in [0, 0.05) is 16.5 Å². The normalized spacial score (nSPS) is 11.1. The van der Waals surface area contributed by atoms with E-state index in [9.17, 15) is 9.59 Å². The standard InChI is InChI=1S/C13H14O3S/c1-3-11(8-13(15)16-2)17-12-7-5-4-6-10(12)9-14/h4-9H,3H2,1-2H3/b11-8+. The van der Waals surface area contributed by atoms with Gasteiger partial charge in [-0.3, -0.25) is 4.79 Å². The van der Waals surface area contributed by atoms with Crippen molar-refractivity contribution in [3.63, 3.8) is 0 Å². The summed E-state index contributed by atoms with van der Waals surface area (Å²) in [5, 5.41) is 0. The van der Waals surface area contributed by atoms with Crippen LogP contribution in [0.25, 0.3) is 0 Å². The van der Waals surface area contributed by atoms with Gasteiger partial charge in [0.1, 0.15) is 0 Å². The van der Waals surface area contributed by atoms with Gasteiger partial charge in [-0.2, -0.15) is 0 Å². The minimum Gasteiger partial charge on any atom is -0.466 e. The van der Waals surface area contributed by atoms with Crippen molar-refractivity contribution >= 4 is 24.0 Å². The van der Waals surface area contributed by atoms with Crippen LogP contribution in [0.1, 0.15) is 23.7 Å². The van der Waals surface area contributed by atoms with Gasteiger partial charge in [-0.05, 0) is 17.4 Å². The Bertz CT molecular complexity index is 438. The molecule has 1 aromatic rings. The van der Waals surface area contributed by atoms with Crippen LogP contribution in [-0.4, -0.2) is 19.4 Å². The summed E-state index contributed by atoms with van der Waals surface area (Å²) in [7, 11) is 1.34. The van der Waals surface area contributed by atoms with Crippen molar-refractivity contribution in [3.8, 4) is 0 Å². The molecule has 0 unspecified atom stereocenters. The van der Waals surface area contributed by atoms with E-state index >= 15 is 0 Å². The van der Waals surface area contributed by atoms with Crippen molar-refractivity contribution < 1.29 is 14.3 Å². The lowest BCUT2D eigenvalue weighted by Crippen LogP contribution is -1.96. The molecule has 4 heteroatoms. The van der Waals surface area contributed by atoms with Gasteiger partial charge in [0.25, 0.3) is 0 Å². The SMILES string of the molecule is CC/C(=C\C(=O)OC)Sc1ccccc1C=O. The largest absolute Gasteiger partial charge is 0.466 e. The van der Waals surface area contributed by atoms with Crippen LogP contribution in [0, 0.1) is 0 Å². The zero-order chi connectivity index (χ0) is 12.7. The second-order valence-corrected chi connectivity index (χ2v) is 4.41. The third-order valence-corrected chi connectivity index (χ3v) is 3.38. The predicted molar refractivity (Wildman–Crippen MR) is 68.1 cm³/mol. The summed E-state index contributed by atoms with van der Waals surface area (Å²) in [5.41, 5.74) is 0.627. The van der Waals surface area contributed by atoms with Gasteiger partial charge < -0.3 is 4.74 Å². The lowest BCUT2D eigenvalue weighted by molar-refractivity contribution is -0.134. The highest BCUT2D eigenvalue weighted by molar-refractivity contribution is 8.03. The number of esters is 1. The topological polar surface area (TPSA) is 43.4 Å². The third-order valence-electron chi connectivity index (χ3n) is 2.12. The Labute approximate surface area is 105 Å². The molecule has 0 saturated carbocycles. The summed E-state index contributed by atoms with van der Waals surface area (Å²) >= 11 is 1.41. The highest BCUT2D eigenvalue weighted by Gasteiger charge is 2.06. The van der Waals surface area contributed by atoms with Crippen LogP contribution in [0.5, 0.6) is 0 Å². The van der Waals surface area contributed by atoms with Crippen molar-refractivity contribution in [2.45, 2.75) is 18.2 Å². The number of carbonyl (C=O) groups is 2. The Morgan fingerprint density at radius 1 is 1.41 bits per heavy atom. The van der Waals surface area contributed by atoms with Gasteiger partial charge >= 0.3 is 5.97 Å². The Balaban J connectivity index is 2.91. The zero-order valence-electron chi connectivity index (χ0n) is 9.80. The lowest BCUT2D eigenvalue weighted by atomic mass is 10.2. The molecule has 0 N–H and O–H groups in total. The number of hydrogen-bond acceptors (Lipinski definition) is 4. The first-order chi connectivity index (χ1) is 8.21. The van der Waals surface area contributed by atoms with E-state index in [2.05, 4.69) is 4.74 Å². The number of rotatable bonds is 5. The Hall–Kier alpha value is -1.55. The number of hydrogen-bond donors (Lipinski definition) is 0. The van der Waals surface area contributed by atoms with Crippen LogP contribution >= 0.6 is 11.8 Å². The first-order valence-corrected chi connectivity index (χ1v) is 6.03. The second kappa shape index (κ2) is 6.91. The summed E-state index contributed by atoms with van der Waals surface area (Å²) in [4.78, 5) is 23.7. The van der Waals surface area contributed by atoms with E-state index < -0.39 is 0 Å². The molecule has 1 aromatic carbocycles. The molecule has 0 spiro atoms. The van der Waals surface area contributed by atoms with Gasteiger partial charge in [0.05, 0.1) is 7.11 Å². The smallest absolute Gasteiger partial charge is 0.331 e. The first-order valence-electron chi connectivity index (χ1n) is 5.21. The van der Waals surface area contributed by atoms with Crippen molar-refractivity contribution in [2.75, 3.05) is 7.11 Å². The number of aldehydes is 1. The summed E-state index contributed by atoms with van der Waals surface area (Å²) in [6, 6.07) is 7.28. The van der Waals surface area contributed by atoms with E-state index in [1.165, 1.54) is 24.9 Å². The van der Waals surface area contributed by atoms with Crippen LogP contribution in [-0.2, 0) is 9.53 Å². The number of methoxy groups -OCH3 is 1. The zero-order valence-corrected chi connectivity index (χ0v) is 10.6. The van der Waals surface area contributed by atoms with E-state index in [0.717, 1.165) is 16.1 Å². The quantitative estimate of drug-likeness (QED) is 0.348. The molecule has 0 radical (unpaired) electrons. The van der Waals surface area contributed by atoms with Gasteiger partial charge in [-0.1, -0.05) is 36.9 Å². The van der Waals surface area contributed by atoms with Crippen molar-refractivity contribution in [1.82, 2.24) is 0 Å². The highest BCUT2D eigenvalue weighted by Crippen LogP contribution is 2.30. The molecule has 0 heterocycles. The van der Waals surface area contributed by atoms with Gasteiger partial charge in [0.15, 0.2) is 6.29 Å². The van der Waals surface area contributed by atoms with Crippen molar-refractivity contribution in [1.29, 1.82) is 0 Å². The fraction of sp³-hybridized carbons (Fsp3) is 0.231. The van der Waals surface area contributed by atoms with E-state index in [4.69, 9.17) is 0 Å². The van der Waals surface area contributed by atoms with Crippen LogP contribution in [0.4, 0.5) is 0 Å². The molecule has 0 aromatic heterocycles. The van der Waals surface area contributed by atoms with Gasteiger partial charge in [-0.25, -0.2) is 4.79 Å². The fourth-order valence-corrected chi connectivity index (χ4v) is 2.17.